The minimum Gasteiger partial charge on any atom is -0.360 e. The molecule has 0 N–H and O–H groups in total. The number of anilines is 1. The number of nitriles is 1. The zero-order valence-corrected chi connectivity index (χ0v) is 19.5. The summed E-state index contributed by atoms with van der Waals surface area (Å²) >= 11 is 0. The van der Waals surface area contributed by atoms with E-state index in [0.29, 0.717) is 11.4 Å². The van der Waals surface area contributed by atoms with Gasteiger partial charge in [0.05, 0.1) is 12.5 Å². The van der Waals surface area contributed by atoms with Gasteiger partial charge in [0, 0.05) is 51.3 Å². The number of hydrogen-bond acceptors (Lipinski definition) is 7. The summed E-state index contributed by atoms with van der Waals surface area (Å²) in [5, 5.41) is 12.6. The van der Waals surface area contributed by atoms with Gasteiger partial charge in [0.15, 0.2) is 5.76 Å². The van der Waals surface area contributed by atoms with E-state index in [1.807, 2.05) is 24.3 Å². The number of rotatable bonds is 8. The van der Waals surface area contributed by atoms with Crippen molar-refractivity contribution in [3.8, 4) is 6.07 Å². The van der Waals surface area contributed by atoms with Crippen molar-refractivity contribution < 1.29 is 22.5 Å². The molecule has 0 radical (unpaired) electrons. The smallest absolute Gasteiger partial charge is 0.248 e. The van der Waals surface area contributed by atoms with Crippen LogP contribution >= 0.6 is 0 Å². The number of hydrogen-bond donors (Lipinski definition) is 0. The first-order valence-electron chi connectivity index (χ1n) is 10.7. The maximum atomic E-state index is 12.9. The first-order valence-corrected chi connectivity index (χ1v) is 12.1. The van der Waals surface area contributed by atoms with Crippen LogP contribution in [0.3, 0.4) is 0 Å². The Morgan fingerprint density at radius 1 is 1.12 bits per heavy atom. The normalized spacial score (nSPS) is 14.6. The minimum absolute atomic E-state index is 0.0107. The van der Waals surface area contributed by atoms with Gasteiger partial charge in [-0.2, -0.15) is 9.57 Å². The molecule has 0 aliphatic carbocycles. The number of piperazine rings is 1. The standard InChI is InChI=1S/C22H27N5O5S/c1-17-22(18(2)32-24-17)33(30,31)26-15-13-25(14-16-26)20(28)9-10-21(29)27(12-6-11-23)19-7-4-3-5-8-19/h3-5,7-8H,6,9-10,12-16H2,1-2H3. The van der Waals surface area contributed by atoms with Gasteiger partial charge in [-0.25, -0.2) is 8.42 Å². The minimum atomic E-state index is -3.75. The number of amides is 2. The molecule has 0 saturated carbocycles. The number of sulfonamides is 1. The summed E-state index contributed by atoms with van der Waals surface area (Å²) in [4.78, 5) is 28.6. The van der Waals surface area contributed by atoms with Crippen LogP contribution in [0, 0.1) is 25.2 Å². The summed E-state index contributed by atoms with van der Waals surface area (Å²) in [6.45, 7) is 4.19. The average Bonchev–Trinajstić information content (AvgIpc) is 3.17. The predicted molar refractivity (Wildman–Crippen MR) is 120 cm³/mol. The molecule has 11 heteroatoms. The number of carbonyl (C=O) groups is 2. The van der Waals surface area contributed by atoms with Gasteiger partial charge in [-0.15, -0.1) is 0 Å². The molecule has 2 heterocycles. The number of carbonyl (C=O) groups excluding carboxylic acids is 2. The highest BCUT2D eigenvalue weighted by Crippen LogP contribution is 2.24. The molecular weight excluding hydrogens is 446 g/mol. The highest BCUT2D eigenvalue weighted by Gasteiger charge is 2.34. The molecule has 0 unspecified atom stereocenters. The Kier molecular flexibility index (Phi) is 7.84. The van der Waals surface area contributed by atoms with Crippen molar-refractivity contribution in [1.82, 2.24) is 14.4 Å². The van der Waals surface area contributed by atoms with E-state index < -0.39 is 10.0 Å². The lowest BCUT2D eigenvalue weighted by Gasteiger charge is -2.34. The van der Waals surface area contributed by atoms with Crippen LogP contribution in [0.1, 0.15) is 30.7 Å². The number of aryl methyl sites for hydroxylation is 2. The third-order valence-corrected chi connectivity index (χ3v) is 7.67. The van der Waals surface area contributed by atoms with E-state index in [9.17, 15) is 18.0 Å². The quantitative estimate of drug-likeness (QED) is 0.572. The summed E-state index contributed by atoms with van der Waals surface area (Å²) in [7, 11) is -3.75. The molecule has 10 nitrogen and oxygen atoms in total. The van der Waals surface area contributed by atoms with Gasteiger partial charge in [-0.3, -0.25) is 9.59 Å². The summed E-state index contributed by atoms with van der Waals surface area (Å²) in [6, 6.07) is 11.1. The molecule has 2 amide bonds. The Labute approximate surface area is 193 Å². The van der Waals surface area contributed by atoms with Crippen LogP contribution in [0.4, 0.5) is 5.69 Å². The summed E-state index contributed by atoms with van der Waals surface area (Å²) in [5.74, 6) is -0.195. The number of para-hydroxylation sites is 1. The van der Waals surface area contributed by atoms with E-state index in [0.717, 1.165) is 0 Å². The monoisotopic (exact) mass is 473 g/mol. The lowest BCUT2D eigenvalue weighted by Crippen LogP contribution is -2.50. The highest BCUT2D eigenvalue weighted by molar-refractivity contribution is 7.89. The zero-order valence-electron chi connectivity index (χ0n) is 18.7. The van der Waals surface area contributed by atoms with Gasteiger partial charge in [-0.1, -0.05) is 23.4 Å². The molecule has 1 aliphatic rings. The summed E-state index contributed by atoms with van der Waals surface area (Å²) in [5.41, 5.74) is 0.993. The van der Waals surface area contributed by atoms with Crippen molar-refractivity contribution in [1.29, 1.82) is 5.26 Å². The molecule has 0 spiro atoms. The Balaban J connectivity index is 1.56. The lowest BCUT2D eigenvalue weighted by molar-refractivity contribution is -0.134. The summed E-state index contributed by atoms with van der Waals surface area (Å²) in [6.07, 6.45) is 0.220. The fourth-order valence-electron chi connectivity index (χ4n) is 3.82. The zero-order chi connectivity index (χ0) is 24.0. The van der Waals surface area contributed by atoms with Gasteiger partial charge < -0.3 is 14.3 Å². The van der Waals surface area contributed by atoms with Crippen molar-refractivity contribution in [2.75, 3.05) is 37.6 Å². The molecule has 3 rings (SSSR count). The van der Waals surface area contributed by atoms with Crippen LogP contribution in [0.25, 0.3) is 0 Å². The maximum absolute atomic E-state index is 12.9. The van der Waals surface area contributed by atoms with Gasteiger partial charge >= 0.3 is 0 Å². The van der Waals surface area contributed by atoms with E-state index in [4.69, 9.17) is 9.78 Å². The molecule has 33 heavy (non-hydrogen) atoms. The Morgan fingerprint density at radius 2 is 1.79 bits per heavy atom. The summed E-state index contributed by atoms with van der Waals surface area (Å²) < 4.78 is 32.2. The van der Waals surface area contributed by atoms with Crippen LogP contribution in [-0.4, -0.2) is 67.3 Å². The van der Waals surface area contributed by atoms with Crippen LogP contribution in [0.5, 0.6) is 0 Å². The third kappa shape index (κ3) is 5.58. The Morgan fingerprint density at radius 3 is 2.36 bits per heavy atom. The van der Waals surface area contributed by atoms with E-state index in [-0.39, 0.29) is 74.5 Å². The molecule has 0 atom stereocenters. The van der Waals surface area contributed by atoms with E-state index in [1.54, 1.807) is 30.9 Å². The second-order valence-corrected chi connectivity index (χ2v) is 9.60. The van der Waals surface area contributed by atoms with Gasteiger partial charge in [0.2, 0.25) is 21.8 Å². The second kappa shape index (κ2) is 10.6. The van der Waals surface area contributed by atoms with E-state index in [1.165, 1.54) is 9.21 Å². The van der Waals surface area contributed by atoms with Gasteiger partial charge in [0.25, 0.3) is 0 Å². The third-order valence-electron chi connectivity index (χ3n) is 5.53. The van der Waals surface area contributed by atoms with Crippen molar-refractivity contribution >= 4 is 27.5 Å². The number of aromatic nitrogens is 1. The number of benzene rings is 1. The average molecular weight is 474 g/mol. The molecule has 1 fully saturated rings. The van der Waals surface area contributed by atoms with Crippen LogP contribution in [0.2, 0.25) is 0 Å². The van der Waals surface area contributed by atoms with E-state index >= 15 is 0 Å². The van der Waals surface area contributed by atoms with Crippen LogP contribution < -0.4 is 4.90 Å². The fourth-order valence-corrected chi connectivity index (χ4v) is 5.54. The molecule has 1 aromatic carbocycles. The Hall–Kier alpha value is -3.23. The Bertz CT molecular complexity index is 1110. The molecule has 0 bridgehead atoms. The molecule has 1 aromatic heterocycles. The van der Waals surface area contributed by atoms with Gasteiger partial charge in [-0.05, 0) is 26.0 Å². The van der Waals surface area contributed by atoms with E-state index in [2.05, 4.69) is 5.16 Å². The molecule has 176 valence electrons. The molecule has 2 aromatic rings. The fraction of sp³-hybridized carbons (Fsp3) is 0.455. The SMILES string of the molecule is Cc1noc(C)c1S(=O)(=O)N1CCN(C(=O)CCC(=O)N(CCC#N)c2ccccc2)CC1. The van der Waals surface area contributed by atoms with Crippen LogP contribution in [-0.2, 0) is 19.6 Å². The molecule has 1 aliphatic heterocycles. The first-order chi connectivity index (χ1) is 15.8. The highest BCUT2D eigenvalue weighted by atomic mass is 32.2. The van der Waals surface area contributed by atoms with Gasteiger partial charge in [0.1, 0.15) is 10.6 Å². The largest absolute Gasteiger partial charge is 0.360 e. The number of nitrogens with zero attached hydrogens (tertiary/aromatic N) is 5. The van der Waals surface area contributed by atoms with Crippen molar-refractivity contribution in [2.24, 2.45) is 0 Å². The molecular formula is C22H27N5O5S. The van der Waals surface area contributed by atoms with Crippen LogP contribution in [0.15, 0.2) is 39.8 Å². The predicted octanol–water partition coefficient (Wildman–Crippen LogP) is 1.85. The first kappa shape index (κ1) is 24.4. The second-order valence-electron chi connectivity index (χ2n) is 7.73. The maximum Gasteiger partial charge on any atom is 0.248 e. The van der Waals surface area contributed by atoms with Crippen molar-refractivity contribution in [3.63, 3.8) is 0 Å². The lowest BCUT2D eigenvalue weighted by atomic mass is 10.2. The molecule has 1 saturated heterocycles. The van der Waals surface area contributed by atoms with Crippen molar-refractivity contribution in [3.05, 3.63) is 41.8 Å². The van der Waals surface area contributed by atoms with Crippen molar-refractivity contribution in [2.45, 2.75) is 38.0 Å². The topological polar surface area (TPSA) is 128 Å².